The predicted molar refractivity (Wildman–Crippen MR) is 183 cm³/mol. The van der Waals surface area contributed by atoms with Gasteiger partial charge in [-0.3, -0.25) is 9.97 Å². The van der Waals surface area contributed by atoms with Crippen molar-refractivity contribution < 1.29 is 0 Å². The Morgan fingerprint density at radius 2 is 0.909 bits per heavy atom. The minimum absolute atomic E-state index is 0.827. The van der Waals surface area contributed by atoms with E-state index in [-0.39, 0.29) is 0 Å². The average Bonchev–Trinajstić information content (AvgIpc) is 3.10. The van der Waals surface area contributed by atoms with Gasteiger partial charge in [0, 0.05) is 12.4 Å². The van der Waals surface area contributed by atoms with Crippen molar-refractivity contribution >= 4 is 43.1 Å². The Kier molecular flexibility index (Phi) is 5.50. The molecule has 0 fully saturated rings. The van der Waals surface area contributed by atoms with E-state index < -0.39 is 0 Å². The zero-order chi connectivity index (χ0) is 29.0. The molecule has 0 bridgehead atoms. The van der Waals surface area contributed by atoms with E-state index in [1.165, 1.54) is 54.2 Å². The molecule has 3 aromatic heterocycles. The van der Waals surface area contributed by atoms with Gasteiger partial charge in [0.25, 0.3) is 0 Å². The summed E-state index contributed by atoms with van der Waals surface area (Å²) < 4.78 is 0. The molecule has 0 aliphatic rings. The summed E-state index contributed by atoms with van der Waals surface area (Å²) in [6.45, 7) is 0. The van der Waals surface area contributed by atoms with Gasteiger partial charge in [-0.25, -0.2) is 4.98 Å². The van der Waals surface area contributed by atoms with Crippen LogP contribution >= 0.6 is 0 Å². The summed E-state index contributed by atoms with van der Waals surface area (Å²) in [5.74, 6) is 0. The monoisotopic (exact) mass is 559 g/mol. The molecule has 0 saturated carbocycles. The van der Waals surface area contributed by atoms with Crippen LogP contribution in [0.15, 0.2) is 152 Å². The number of nitrogens with zero attached hydrogens (tertiary/aromatic N) is 3. The molecule has 44 heavy (non-hydrogen) atoms. The van der Waals surface area contributed by atoms with Gasteiger partial charge < -0.3 is 0 Å². The van der Waals surface area contributed by atoms with E-state index in [4.69, 9.17) is 4.98 Å². The summed E-state index contributed by atoms with van der Waals surface area (Å²) in [4.78, 5) is 14.1. The van der Waals surface area contributed by atoms with Crippen molar-refractivity contribution in [1.82, 2.24) is 15.0 Å². The normalized spacial score (nSPS) is 11.6. The van der Waals surface area contributed by atoms with Crippen LogP contribution in [0, 0.1) is 0 Å². The molecule has 0 aliphatic carbocycles. The lowest BCUT2D eigenvalue weighted by Gasteiger charge is -2.15. The Bertz CT molecular complexity index is 2410. The highest BCUT2D eigenvalue weighted by Gasteiger charge is 2.14. The standard InChI is InChI=1S/C41H25N3/c1-3-20-42-36(8-1)38-24-33(25-39(44-38)37-9-2-4-21-43-37)31-13-12-30-23-32(15-14-29(30)22-31)34-18-16-28-11-10-26-6-5-7-27-17-19-35(34)41(28)40(26)27/h1-25H. The summed E-state index contributed by atoms with van der Waals surface area (Å²) in [5.41, 5.74) is 8.03. The van der Waals surface area contributed by atoms with Crippen LogP contribution in [0.5, 0.6) is 0 Å². The van der Waals surface area contributed by atoms with E-state index >= 15 is 0 Å². The summed E-state index contributed by atoms with van der Waals surface area (Å²) >= 11 is 0. The van der Waals surface area contributed by atoms with Crippen molar-refractivity contribution in [2.75, 3.05) is 0 Å². The van der Waals surface area contributed by atoms with Crippen LogP contribution in [0.25, 0.3) is 88.1 Å². The number of hydrogen-bond acceptors (Lipinski definition) is 3. The van der Waals surface area contributed by atoms with Crippen LogP contribution in [0.2, 0.25) is 0 Å². The van der Waals surface area contributed by atoms with Gasteiger partial charge in [-0.15, -0.1) is 0 Å². The third-order valence-electron chi connectivity index (χ3n) is 8.69. The van der Waals surface area contributed by atoms with E-state index in [1.807, 2.05) is 36.4 Å². The first kappa shape index (κ1) is 24.6. The van der Waals surface area contributed by atoms with Gasteiger partial charge in [0.2, 0.25) is 0 Å². The average molecular weight is 560 g/mol. The molecule has 0 spiro atoms. The second-order valence-electron chi connectivity index (χ2n) is 11.3. The number of hydrogen-bond donors (Lipinski definition) is 0. The van der Waals surface area contributed by atoms with Gasteiger partial charge in [0.1, 0.15) is 0 Å². The second-order valence-corrected chi connectivity index (χ2v) is 11.3. The Balaban J connectivity index is 1.17. The molecular weight excluding hydrogens is 534 g/mol. The van der Waals surface area contributed by atoms with Crippen LogP contribution in [-0.4, -0.2) is 15.0 Å². The van der Waals surface area contributed by atoms with Crippen LogP contribution in [0.4, 0.5) is 0 Å². The first-order valence-electron chi connectivity index (χ1n) is 14.8. The number of rotatable bonds is 4. The van der Waals surface area contributed by atoms with Crippen molar-refractivity contribution in [2.45, 2.75) is 0 Å². The molecule has 6 aromatic carbocycles. The zero-order valence-electron chi connectivity index (χ0n) is 23.8. The molecule has 3 heteroatoms. The van der Waals surface area contributed by atoms with E-state index in [0.717, 1.165) is 33.9 Å². The molecule has 0 N–H and O–H groups in total. The quantitative estimate of drug-likeness (QED) is 0.201. The summed E-state index contributed by atoms with van der Waals surface area (Å²) in [6, 6.07) is 49.7. The number of pyridine rings is 3. The van der Waals surface area contributed by atoms with Gasteiger partial charge in [0.05, 0.1) is 22.8 Å². The van der Waals surface area contributed by atoms with E-state index in [9.17, 15) is 0 Å². The van der Waals surface area contributed by atoms with Gasteiger partial charge in [-0.2, -0.15) is 0 Å². The van der Waals surface area contributed by atoms with Crippen molar-refractivity contribution in [3.8, 4) is 45.0 Å². The van der Waals surface area contributed by atoms with Crippen LogP contribution < -0.4 is 0 Å². The molecule has 9 aromatic rings. The first-order chi connectivity index (χ1) is 21.8. The fraction of sp³-hybridized carbons (Fsp3) is 0. The van der Waals surface area contributed by atoms with Crippen molar-refractivity contribution in [3.05, 3.63) is 152 Å². The Labute approximate surface area is 254 Å². The number of fused-ring (bicyclic) bond motifs is 1. The van der Waals surface area contributed by atoms with Crippen molar-refractivity contribution in [3.63, 3.8) is 0 Å². The van der Waals surface area contributed by atoms with Crippen LogP contribution in [0.3, 0.4) is 0 Å². The molecule has 0 unspecified atom stereocenters. The lowest BCUT2D eigenvalue weighted by Crippen LogP contribution is -1.94. The number of aromatic nitrogens is 3. The van der Waals surface area contributed by atoms with E-state index in [1.54, 1.807) is 12.4 Å². The van der Waals surface area contributed by atoms with Crippen molar-refractivity contribution in [1.29, 1.82) is 0 Å². The molecule has 3 heterocycles. The van der Waals surface area contributed by atoms with Crippen molar-refractivity contribution in [2.24, 2.45) is 0 Å². The van der Waals surface area contributed by atoms with Gasteiger partial charge in [0.15, 0.2) is 0 Å². The maximum atomic E-state index is 4.94. The minimum atomic E-state index is 0.827. The SMILES string of the molecule is c1ccc(-c2cc(-c3ccc4cc(-c5ccc6ccc7cccc8ccc5c6c78)ccc4c3)cc(-c3ccccn3)n2)nc1. The van der Waals surface area contributed by atoms with Gasteiger partial charge in [-0.05, 0) is 114 Å². The highest BCUT2D eigenvalue weighted by Crippen LogP contribution is 2.40. The van der Waals surface area contributed by atoms with E-state index in [0.29, 0.717) is 0 Å². The Morgan fingerprint density at radius 1 is 0.341 bits per heavy atom. The molecule has 0 amide bonds. The second kappa shape index (κ2) is 9.82. The molecule has 0 atom stereocenters. The predicted octanol–water partition coefficient (Wildman–Crippen LogP) is 10.6. The highest BCUT2D eigenvalue weighted by molar-refractivity contribution is 6.25. The molecule has 3 nitrogen and oxygen atoms in total. The maximum Gasteiger partial charge on any atom is 0.0900 e. The summed E-state index contributed by atoms with van der Waals surface area (Å²) in [7, 11) is 0. The largest absolute Gasteiger partial charge is 0.255 e. The van der Waals surface area contributed by atoms with Crippen LogP contribution in [0.1, 0.15) is 0 Å². The topological polar surface area (TPSA) is 38.7 Å². The molecule has 9 rings (SSSR count). The van der Waals surface area contributed by atoms with Gasteiger partial charge in [-0.1, -0.05) is 91.0 Å². The molecule has 0 radical (unpaired) electrons. The summed E-state index contributed by atoms with van der Waals surface area (Å²) in [6.07, 6.45) is 3.61. The lowest BCUT2D eigenvalue weighted by atomic mass is 9.89. The summed E-state index contributed by atoms with van der Waals surface area (Å²) in [5, 5.41) is 10.3. The Hall–Kier alpha value is -5.93. The van der Waals surface area contributed by atoms with Crippen LogP contribution in [-0.2, 0) is 0 Å². The fourth-order valence-corrected chi connectivity index (χ4v) is 6.57. The first-order valence-corrected chi connectivity index (χ1v) is 14.8. The fourth-order valence-electron chi connectivity index (χ4n) is 6.57. The number of benzene rings is 6. The molecule has 0 saturated heterocycles. The van der Waals surface area contributed by atoms with Gasteiger partial charge >= 0.3 is 0 Å². The minimum Gasteiger partial charge on any atom is -0.255 e. The lowest BCUT2D eigenvalue weighted by molar-refractivity contribution is 1.22. The molecule has 204 valence electrons. The Morgan fingerprint density at radius 3 is 1.57 bits per heavy atom. The highest BCUT2D eigenvalue weighted by atomic mass is 14.8. The maximum absolute atomic E-state index is 4.94. The van der Waals surface area contributed by atoms with E-state index in [2.05, 4.69) is 113 Å². The third-order valence-corrected chi connectivity index (χ3v) is 8.69. The molecule has 0 aliphatic heterocycles. The molecular formula is C41H25N3. The smallest absolute Gasteiger partial charge is 0.0900 e. The third kappa shape index (κ3) is 4.02. The zero-order valence-corrected chi connectivity index (χ0v) is 23.8.